The van der Waals surface area contributed by atoms with Crippen molar-refractivity contribution in [3.63, 3.8) is 0 Å². The van der Waals surface area contributed by atoms with Crippen molar-refractivity contribution in [2.24, 2.45) is 0 Å². The summed E-state index contributed by atoms with van der Waals surface area (Å²) >= 11 is 6.99. The van der Waals surface area contributed by atoms with Crippen LogP contribution in [0.25, 0.3) is 11.1 Å². The number of ether oxygens (including phenoxy) is 3. The second kappa shape index (κ2) is 15.2. The largest absolute Gasteiger partial charge is 0.489 e. The predicted octanol–water partition coefficient (Wildman–Crippen LogP) is 7.64. The van der Waals surface area contributed by atoms with Crippen molar-refractivity contribution in [1.29, 1.82) is 0 Å². The summed E-state index contributed by atoms with van der Waals surface area (Å²) in [6.07, 6.45) is 3.99. The van der Waals surface area contributed by atoms with Crippen molar-refractivity contribution < 1.29 is 23.8 Å². The van der Waals surface area contributed by atoms with Gasteiger partial charge in [-0.05, 0) is 102 Å². The second-order valence-electron chi connectivity index (χ2n) is 14.2. The highest BCUT2D eigenvalue weighted by atomic mass is 35.5. The molecule has 0 unspecified atom stereocenters. The molecule has 0 spiro atoms. The van der Waals surface area contributed by atoms with Crippen LogP contribution in [-0.2, 0) is 17.7 Å². The molecule has 2 aromatic heterocycles. The Bertz CT molecular complexity index is 1660. The Morgan fingerprint density at radius 2 is 1.80 bits per heavy atom. The third-order valence-corrected chi connectivity index (χ3v) is 9.05. The number of nitrogens with zero attached hydrogens (tertiary/aromatic N) is 5. The lowest BCUT2D eigenvalue weighted by Gasteiger charge is -2.36. The molecule has 0 atom stereocenters. The van der Waals surface area contributed by atoms with E-state index in [1.165, 1.54) is 0 Å². The van der Waals surface area contributed by atoms with E-state index < -0.39 is 5.60 Å². The number of piperazine rings is 1. The first-order valence-corrected chi connectivity index (χ1v) is 17.7. The Labute approximate surface area is 295 Å². The fourth-order valence-corrected chi connectivity index (χ4v) is 6.52. The Balaban J connectivity index is 1.40. The molecule has 1 saturated heterocycles. The molecule has 49 heavy (non-hydrogen) atoms. The molecule has 2 aliphatic rings. The van der Waals surface area contributed by atoms with E-state index in [9.17, 15) is 9.59 Å². The van der Waals surface area contributed by atoms with Crippen LogP contribution in [0.3, 0.4) is 0 Å². The van der Waals surface area contributed by atoms with E-state index >= 15 is 0 Å². The van der Waals surface area contributed by atoms with Crippen LogP contribution in [0.2, 0.25) is 5.02 Å². The Hall–Kier alpha value is -4.05. The normalized spacial score (nSPS) is 15.1. The minimum Gasteiger partial charge on any atom is -0.489 e. The maximum Gasteiger partial charge on any atom is 0.410 e. The summed E-state index contributed by atoms with van der Waals surface area (Å²) in [5.41, 5.74) is 5.43. The number of benzene rings is 1. The SMILES string of the molecule is CCCCOc1nc(C)cc(C)c1CN1CCc2c(-c3ccc(N4CCN(C(=O)OC(C)(C)C)CC4)nc3)cc(OC(C)C)c(Cl)c2C1=O. The van der Waals surface area contributed by atoms with Crippen molar-refractivity contribution in [2.45, 2.75) is 92.9 Å². The number of hydrogen-bond acceptors (Lipinski definition) is 8. The maximum atomic E-state index is 14.3. The van der Waals surface area contributed by atoms with E-state index in [1.807, 2.05) is 83.8 Å². The molecule has 3 aromatic rings. The molecule has 0 N–H and O–H groups in total. The van der Waals surface area contributed by atoms with Gasteiger partial charge >= 0.3 is 6.09 Å². The highest BCUT2D eigenvalue weighted by molar-refractivity contribution is 6.36. The van der Waals surface area contributed by atoms with E-state index in [2.05, 4.69) is 16.8 Å². The summed E-state index contributed by atoms with van der Waals surface area (Å²) in [4.78, 5) is 42.1. The van der Waals surface area contributed by atoms with Gasteiger partial charge in [-0.15, -0.1) is 0 Å². The van der Waals surface area contributed by atoms with Crippen molar-refractivity contribution in [2.75, 3.05) is 44.2 Å². The summed E-state index contributed by atoms with van der Waals surface area (Å²) in [6, 6.07) is 7.99. The number of pyridine rings is 2. The summed E-state index contributed by atoms with van der Waals surface area (Å²) in [7, 11) is 0. The van der Waals surface area contributed by atoms with Gasteiger partial charge in [0, 0.05) is 55.7 Å². The van der Waals surface area contributed by atoms with Gasteiger partial charge in [-0.2, -0.15) is 0 Å². The van der Waals surface area contributed by atoms with E-state index in [0.717, 1.165) is 52.2 Å². The van der Waals surface area contributed by atoms with E-state index in [-0.39, 0.29) is 18.1 Å². The molecular formula is C38H50ClN5O5. The number of amides is 2. The Morgan fingerprint density at radius 3 is 2.43 bits per heavy atom. The topological polar surface area (TPSA) is 97.3 Å². The number of carbonyl (C=O) groups is 2. The van der Waals surface area contributed by atoms with Crippen molar-refractivity contribution in [1.82, 2.24) is 19.8 Å². The molecule has 0 bridgehead atoms. The van der Waals surface area contributed by atoms with Gasteiger partial charge in [0.2, 0.25) is 5.88 Å². The molecule has 10 nitrogen and oxygen atoms in total. The van der Waals surface area contributed by atoms with Gasteiger partial charge in [0.05, 0.1) is 29.8 Å². The van der Waals surface area contributed by atoms with Gasteiger partial charge in [0.1, 0.15) is 17.2 Å². The lowest BCUT2D eigenvalue weighted by atomic mass is 9.90. The molecular weight excluding hydrogens is 642 g/mol. The molecule has 0 aliphatic carbocycles. The van der Waals surface area contributed by atoms with Gasteiger partial charge in [-0.3, -0.25) is 4.79 Å². The van der Waals surface area contributed by atoms with Crippen LogP contribution >= 0.6 is 11.6 Å². The molecule has 0 radical (unpaired) electrons. The number of hydrogen-bond donors (Lipinski definition) is 0. The van der Waals surface area contributed by atoms with Crippen molar-refractivity contribution >= 4 is 29.4 Å². The zero-order valence-corrected chi connectivity index (χ0v) is 30.9. The number of rotatable bonds is 10. The number of aromatic nitrogens is 2. The highest BCUT2D eigenvalue weighted by Crippen LogP contribution is 2.42. The quantitative estimate of drug-likeness (QED) is 0.200. The maximum absolute atomic E-state index is 14.3. The number of unbranched alkanes of at least 4 members (excludes halogenated alkanes) is 1. The average Bonchev–Trinajstić information content (AvgIpc) is 3.04. The van der Waals surface area contributed by atoms with Gasteiger partial charge in [-0.25, -0.2) is 14.8 Å². The van der Waals surface area contributed by atoms with Crippen molar-refractivity contribution in [3.8, 4) is 22.8 Å². The molecule has 1 fully saturated rings. The molecule has 0 saturated carbocycles. The number of anilines is 1. The van der Waals surface area contributed by atoms with Crippen LogP contribution in [0.4, 0.5) is 10.6 Å². The minimum atomic E-state index is -0.528. The Morgan fingerprint density at radius 1 is 1.06 bits per heavy atom. The first-order valence-electron chi connectivity index (χ1n) is 17.4. The van der Waals surface area contributed by atoms with Gasteiger partial charge in [0.25, 0.3) is 5.91 Å². The lowest BCUT2D eigenvalue weighted by molar-refractivity contribution is 0.0240. The monoisotopic (exact) mass is 691 g/mol. The fraction of sp³-hybridized carbons (Fsp3) is 0.526. The standard InChI is InChI=1S/C38H50ClN5O5/c1-9-10-19-47-35-30(25(4)20-26(5)41-35)23-44-14-13-28-29(21-31(48-24(2)3)34(39)33(28)36(44)45)27-11-12-32(40-22-27)42-15-17-43(18-16-42)37(46)49-38(6,7)8/h11-12,20-22,24H,9-10,13-19,23H2,1-8H3. The van der Waals surface area contributed by atoms with E-state index in [0.29, 0.717) is 74.5 Å². The van der Waals surface area contributed by atoms with Crippen LogP contribution < -0.4 is 14.4 Å². The molecule has 264 valence electrons. The number of halogens is 1. The predicted molar refractivity (Wildman–Crippen MR) is 193 cm³/mol. The molecule has 4 heterocycles. The van der Waals surface area contributed by atoms with Crippen LogP contribution in [-0.4, -0.2) is 82.8 Å². The summed E-state index contributed by atoms with van der Waals surface area (Å²) < 4.78 is 17.8. The summed E-state index contributed by atoms with van der Waals surface area (Å²) in [5.74, 6) is 1.74. The summed E-state index contributed by atoms with van der Waals surface area (Å²) in [5, 5.41) is 0.327. The highest BCUT2D eigenvalue weighted by Gasteiger charge is 2.33. The van der Waals surface area contributed by atoms with E-state index in [1.54, 1.807) is 4.90 Å². The molecule has 2 aliphatic heterocycles. The molecule has 5 rings (SSSR count). The van der Waals surface area contributed by atoms with Crippen molar-refractivity contribution in [3.05, 3.63) is 63.4 Å². The average molecular weight is 692 g/mol. The van der Waals surface area contributed by atoms with Gasteiger partial charge in [-0.1, -0.05) is 24.9 Å². The molecule has 1 aromatic carbocycles. The fourth-order valence-electron chi connectivity index (χ4n) is 6.23. The lowest BCUT2D eigenvalue weighted by Crippen LogP contribution is -2.50. The summed E-state index contributed by atoms with van der Waals surface area (Å²) in [6.45, 7) is 19.5. The third kappa shape index (κ3) is 8.58. The first-order chi connectivity index (χ1) is 23.3. The second-order valence-corrected chi connectivity index (χ2v) is 14.5. The van der Waals surface area contributed by atoms with Crippen LogP contribution in [0.5, 0.6) is 11.6 Å². The minimum absolute atomic E-state index is 0.137. The zero-order valence-electron chi connectivity index (χ0n) is 30.2. The molecule has 2 amide bonds. The van der Waals surface area contributed by atoms with E-state index in [4.69, 9.17) is 30.8 Å². The number of fused-ring (bicyclic) bond motifs is 1. The van der Waals surface area contributed by atoms with Gasteiger partial charge < -0.3 is 28.9 Å². The Kier molecular flexibility index (Phi) is 11.3. The van der Waals surface area contributed by atoms with Crippen LogP contribution in [0.15, 0.2) is 30.5 Å². The smallest absolute Gasteiger partial charge is 0.410 e. The van der Waals surface area contributed by atoms with Crippen LogP contribution in [0, 0.1) is 13.8 Å². The number of aryl methyl sites for hydroxylation is 2. The zero-order chi connectivity index (χ0) is 35.5. The number of carbonyl (C=O) groups excluding carboxylic acids is 2. The van der Waals surface area contributed by atoms with Gasteiger partial charge in [0.15, 0.2) is 0 Å². The first kappa shape index (κ1) is 36.2. The molecule has 11 heteroatoms. The third-order valence-electron chi connectivity index (χ3n) is 8.67. The van der Waals surface area contributed by atoms with Crippen LogP contribution in [0.1, 0.15) is 87.1 Å².